The molecule has 4 aromatic heterocycles. The van der Waals surface area contributed by atoms with Gasteiger partial charge in [-0.3, -0.25) is 4.68 Å². The lowest BCUT2D eigenvalue weighted by molar-refractivity contribution is 0.122. The van der Waals surface area contributed by atoms with Crippen LogP contribution in [0.15, 0.2) is 24.7 Å². The number of rotatable bonds is 6. The van der Waals surface area contributed by atoms with Crippen molar-refractivity contribution in [3.8, 4) is 22.2 Å². The molecule has 4 aromatic rings. The molecule has 0 aliphatic rings. The Morgan fingerprint density at radius 3 is 2.71 bits per heavy atom. The Morgan fingerprint density at radius 2 is 2.06 bits per heavy atom. The van der Waals surface area contributed by atoms with E-state index in [1.165, 1.54) is 4.90 Å². The van der Waals surface area contributed by atoms with E-state index in [2.05, 4.69) is 15.4 Å². The lowest BCUT2D eigenvalue weighted by atomic mass is 10.1. The van der Waals surface area contributed by atoms with Crippen LogP contribution in [0.25, 0.3) is 32.4 Å². The van der Waals surface area contributed by atoms with E-state index in [4.69, 9.17) is 14.7 Å². The minimum Gasteiger partial charge on any atom is -0.448 e. The highest BCUT2D eigenvalue weighted by atomic mass is 32.1. The molecule has 0 spiro atoms. The third-order valence-electron chi connectivity index (χ3n) is 4.74. The van der Waals surface area contributed by atoms with Crippen LogP contribution >= 0.6 is 11.3 Å². The minimum absolute atomic E-state index is 0.219. The number of anilines is 1. The van der Waals surface area contributed by atoms with Crippen LogP contribution in [0.5, 0.6) is 0 Å². The van der Waals surface area contributed by atoms with E-state index in [-0.39, 0.29) is 12.7 Å². The van der Waals surface area contributed by atoms with Gasteiger partial charge in [0, 0.05) is 46.8 Å². The van der Waals surface area contributed by atoms with Gasteiger partial charge in [0.15, 0.2) is 11.6 Å². The van der Waals surface area contributed by atoms with Crippen LogP contribution in [0.4, 0.5) is 10.6 Å². The zero-order valence-corrected chi connectivity index (χ0v) is 18.9. The summed E-state index contributed by atoms with van der Waals surface area (Å²) in [4.78, 5) is 28.9. The molecule has 0 unspecified atom stereocenters. The van der Waals surface area contributed by atoms with Crippen LogP contribution in [0.3, 0.4) is 0 Å². The van der Waals surface area contributed by atoms with Crippen molar-refractivity contribution in [3.05, 3.63) is 30.2 Å². The molecular weight excluding hydrogens is 416 g/mol. The Hall–Kier alpha value is -3.47. The molecule has 0 atom stereocenters. The monoisotopic (exact) mass is 440 g/mol. The molecule has 0 aromatic carbocycles. The van der Waals surface area contributed by atoms with Crippen LogP contribution in [0.2, 0.25) is 0 Å². The molecule has 162 valence electrons. The first kappa shape index (κ1) is 20.8. The average Bonchev–Trinajstić information content (AvgIpc) is 3.43. The summed E-state index contributed by atoms with van der Waals surface area (Å²) in [5, 5.41) is 8.79. The van der Waals surface area contributed by atoms with Gasteiger partial charge in [-0.2, -0.15) is 5.10 Å². The SMILES string of the molecule is Cc1c(-c2ccn(C)n2)sc2nc(-c3nccn3C)nc(NCCOC(=O)N(C)C)c12. The number of aryl methyl sites for hydroxylation is 3. The Kier molecular flexibility index (Phi) is 5.59. The number of fused-ring (bicyclic) bond motifs is 1. The number of thiophene rings is 1. The Labute approximate surface area is 183 Å². The van der Waals surface area contributed by atoms with Crippen LogP contribution in [0.1, 0.15) is 5.56 Å². The quantitative estimate of drug-likeness (QED) is 0.460. The molecule has 0 radical (unpaired) electrons. The first-order chi connectivity index (χ1) is 14.8. The molecule has 4 rings (SSSR count). The molecule has 0 aliphatic carbocycles. The van der Waals surface area contributed by atoms with Gasteiger partial charge in [0.25, 0.3) is 0 Å². The second kappa shape index (κ2) is 8.34. The summed E-state index contributed by atoms with van der Waals surface area (Å²) in [5.41, 5.74) is 1.95. The Bertz CT molecular complexity index is 1240. The van der Waals surface area contributed by atoms with Crippen molar-refractivity contribution in [2.45, 2.75) is 6.92 Å². The topological polar surface area (TPSA) is 103 Å². The molecule has 4 heterocycles. The second-order valence-electron chi connectivity index (χ2n) is 7.30. The summed E-state index contributed by atoms with van der Waals surface area (Å²) < 4.78 is 8.88. The maximum Gasteiger partial charge on any atom is 0.409 e. The number of nitrogens with one attached hydrogen (secondary N) is 1. The Morgan fingerprint density at radius 1 is 1.26 bits per heavy atom. The highest BCUT2D eigenvalue weighted by molar-refractivity contribution is 7.22. The van der Waals surface area contributed by atoms with E-state index in [1.807, 2.05) is 44.0 Å². The number of imidazole rings is 1. The van der Waals surface area contributed by atoms with E-state index < -0.39 is 0 Å². The highest BCUT2D eigenvalue weighted by Gasteiger charge is 2.20. The number of ether oxygens (including phenoxy) is 1. The van der Waals surface area contributed by atoms with Gasteiger partial charge in [-0.05, 0) is 18.6 Å². The molecule has 11 heteroatoms. The van der Waals surface area contributed by atoms with Gasteiger partial charge in [-0.15, -0.1) is 11.3 Å². The molecule has 1 amide bonds. The van der Waals surface area contributed by atoms with Crippen LogP contribution in [0, 0.1) is 6.92 Å². The number of carbonyl (C=O) groups excluding carboxylic acids is 1. The summed E-state index contributed by atoms with van der Waals surface area (Å²) in [6, 6.07) is 1.98. The molecule has 0 aliphatic heterocycles. The van der Waals surface area contributed by atoms with Gasteiger partial charge in [0.05, 0.1) is 16.8 Å². The molecule has 10 nitrogen and oxygen atoms in total. The van der Waals surface area contributed by atoms with E-state index in [1.54, 1.807) is 36.3 Å². The Balaban J connectivity index is 1.73. The number of aromatic nitrogens is 6. The van der Waals surface area contributed by atoms with Crippen molar-refractivity contribution in [3.63, 3.8) is 0 Å². The van der Waals surface area contributed by atoms with Crippen molar-refractivity contribution >= 4 is 33.5 Å². The van der Waals surface area contributed by atoms with Gasteiger partial charge in [-0.25, -0.2) is 19.7 Å². The van der Waals surface area contributed by atoms with Crippen molar-refractivity contribution in [2.24, 2.45) is 14.1 Å². The van der Waals surface area contributed by atoms with Crippen molar-refractivity contribution in [1.82, 2.24) is 34.2 Å². The summed E-state index contributed by atoms with van der Waals surface area (Å²) in [6.45, 7) is 2.68. The predicted octanol–water partition coefficient (Wildman–Crippen LogP) is 2.91. The van der Waals surface area contributed by atoms with Gasteiger partial charge < -0.3 is 19.5 Å². The summed E-state index contributed by atoms with van der Waals surface area (Å²) in [6.07, 6.45) is 5.11. The molecular formula is C20H24N8O2S. The van der Waals surface area contributed by atoms with Gasteiger partial charge in [0.2, 0.25) is 0 Å². The zero-order chi connectivity index (χ0) is 22.1. The number of nitrogens with zero attached hydrogens (tertiary/aromatic N) is 7. The van der Waals surface area contributed by atoms with Crippen LogP contribution < -0.4 is 5.32 Å². The molecule has 0 bridgehead atoms. The number of carbonyl (C=O) groups is 1. The summed E-state index contributed by atoms with van der Waals surface area (Å²) >= 11 is 1.57. The third-order valence-corrected chi connectivity index (χ3v) is 5.95. The fourth-order valence-electron chi connectivity index (χ4n) is 3.17. The average molecular weight is 441 g/mol. The molecule has 0 fully saturated rings. The van der Waals surface area contributed by atoms with Gasteiger partial charge in [-0.1, -0.05) is 0 Å². The van der Waals surface area contributed by atoms with Crippen LogP contribution in [-0.4, -0.2) is 67.5 Å². The lowest BCUT2D eigenvalue weighted by Gasteiger charge is -2.12. The minimum atomic E-state index is -0.382. The third kappa shape index (κ3) is 4.08. The number of amides is 1. The fraction of sp³-hybridized carbons (Fsp3) is 0.350. The smallest absolute Gasteiger partial charge is 0.409 e. The largest absolute Gasteiger partial charge is 0.448 e. The highest BCUT2D eigenvalue weighted by Crippen LogP contribution is 2.40. The normalized spacial score (nSPS) is 11.1. The molecule has 31 heavy (non-hydrogen) atoms. The molecule has 1 N–H and O–H groups in total. The fourth-order valence-corrected chi connectivity index (χ4v) is 4.31. The predicted molar refractivity (Wildman–Crippen MR) is 120 cm³/mol. The second-order valence-corrected chi connectivity index (χ2v) is 8.30. The van der Waals surface area contributed by atoms with E-state index in [9.17, 15) is 4.79 Å². The standard InChI is InChI=1S/C20H24N8O2S/c1-12-14-16(21-8-11-30-20(29)26(2)3)23-17(18-22-7-10-27(18)4)24-19(14)31-15(12)13-6-9-28(5)25-13/h6-7,9-10H,8,11H2,1-5H3,(H,21,23,24). The van der Waals surface area contributed by atoms with Crippen molar-refractivity contribution in [1.29, 1.82) is 0 Å². The summed E-state index contributed by atoms with van der Waals surface area (Å²) in [5.74, 6) is 1.89. The van der Waals surface area contributed by atoms with Crippen molar-refractivity contribution in [2.75, 3.05) is 32.6 Å². The van der Waals surface area contributed by atoms with Gasteiger partial charge >= 0.3 is 6.09 Å². The maximum atomic E-state index is 11.7. The first-order valence-corrected chi connectivity index (χ1v) is 10.5. The number of hydrogen-bond donors (Lipinski definition) is 1. The van der Waals surface area contributed by atoms with Crippen LogP contribution in [-0.2, 0) is 18.8 Å². The van der Waals surface area contributed by atoms with E-state index in [0.717, 1.165) is 26.4 Å². The van der Waals surface area contributed by atoms with E-state index >= 15 is 0 Å². The zero-order valence-electron chi connectivity index (χ0n) is 18.1. The lowest BCUT2D eigenvalue weighted by Crippen LogP contribution is -2.25. The first-order valence-electron chi connectivity index (χ1n) is 9.72. The molecule has 0 saturated carbocycles. The maximum absolute atomic E-state index is 11.7. The van der Waals surface area contributed by atoms with Crippen molar-refractivity contribution < 1.29 is 9.53 Å². The summed E-state index contributed by atoms with van der Waals surface area (Å²) in [7, 11) is 7.10. The van der Waals surface area contributed by atoms with Gasteiger partial charge in [0.1, 0.15) is 22.9 Å². The van der Waals surface area contributed by atoms with E-state index in [0.29, 0.717) is 24.0 Å². The number of hydrogen-bond acceptors (Lipinski definition) is 8. The molecule has 0 saturated heterocycles.